The lowest BCUT2D eigenvalue weighted by atomic mass is 9.81. The van der Waals surface area contributed by atoms with Crippen LogP contribution in [0.25, 0.3) is 0 Å². The molecule has 1 amide bonds. The van der Waals surface area contributed by atoms with E-state index in [1.165, 1.54) is 25.3 Å². The molecule has 0 aromatic carbocycles. The maximum Gasteiger partial charge on any atom is 0.329 e. The zero-order chi connectivity index (χ0) is 46.9. The quantitative estimate of drug-likeness (QED) is 0.101. The van der Waals surface area contributed by atoms with Crippen LogP contribution in [0.5, 0.6) is 0 Å². The fourth-order valence-corrected chi connectivity index (χ4v) is 10.5. The smallest absolute Gasteiger partial charge is 0.329 e. The Morgan fingerprint density at radius 1 is 0.938 bits per heavy atom. The third kappa shape index (κ3) is 12.4. The van der Waals surface area contributed by atoms with Crippen molar-refractivity contribution < 1.29 is 62.9 Å². The van der Waals surface area contributed by atoms with Gasteiger partial charge in [0.2, 0.25) is 5.79 Å². The summed E-state index contributed by atoms with van der Waals surface area (Å²) in [5.41, 5.74) is 2.15. The predicted octanol–water partition coefficient (Wildman–Crippen LogP) is 4.72. The maximum absolute atomic E-state index is 14.5. The van der Waals surface area contributed by atoms with Crippen molar-refractivity contribution >= 4 is 23.4 Å². The standard InChI is InChI=1S/C49H74N2O13/c1-29-22-30(2)24-42(61-7)45-43(62-8)26-32(4)49(58,64-45)46(55)47(56)50-20-11-10-17-37(50)48(57)63-44(31(3)25-34-18-19-38(52)41(27-34)60-6)33(5)39(53)28-40(54)35(23-29)14-13-16-36-15-9-12-21-51(36)59/h9,12,15,21,23,25,30,32-35,37-39,41-45,52-53,58H,10-11,13-14,16-20,22,24,26-28H2,1-8H3/b29-23+,31-25+/t30-,32+,33+,34-,35+,37-,38+,39-,41+,42-,43-,44?,45+,49+/m0/s1. The Morgan fingerprint density at radius 2 is 1.64 bits per heavy atom. The van der Waals surface area contributed by atoms with Gasteiger partial charge in [-0.05, 0) is 102 Å². The van der Waals surface area contributed by atoms with Crippen molar-refractivity contribution in [1.29, 1.82) is 0 Å². The van der Waals surface area contributed by atoms with E-state index in [1.54, 1.807) is 46.1 Å². The van der Waals surface area contributed by atoms with Crippen molar-refractivity contribution in [3.63, 3.8) is 0 Å². The summed E-state index contributed by atoms with van der Waals surface area (Å²) < 4.78 is 30.8. The molecule has 3 fully saturated rings. The number of Topliss-reactive ketones (excluding diaryl/α,β-unsaturated/α-hetero) is 2. The van der Waals surface area contributed by atoms with Crippen molar-refractivity contribution in [3.05, 3.63) is 58.6 Å². The molecule has 1 aromatic heterocycles. The molecule has 1 aliphatic carbocycles. The first-order valence-corrected chi connectivity index (χ1v) is 23.4. The largest absolute Gasteiger partial charge is 0.619 e. The van der Waals surface area contributed by atoms with Crippen LogP contribution in [-0.4, -0.2) is 126 Å². The summed E-state index contributed by atoms with van der Waals surface area (Å²) in [5.74, 6) is -8.05. The van der Waals surface area contributed by atoms with Gasteiger partial charge in [0.1, 0.15) is 24.0 Å². The van der Waals surface area contributed by atoms with Crippen molar-refractivity contribution in [2.75, 3.05) is 27.9 Å². The van der Waals surface area contributed by atoms with E-state index in [9.17, 15) is 39.7 Å². The number of fused-ring (bicyclic) bond motifs is 3. The lowest BCUT2D eigenvalue weighted by Crippen LogP contribution is -2.64. The molecule has 3 aliphatic heterocycles. The van der Waals surface area contributed by atoms with Gasteiger partial charge in [-0.25, -0.2) is 4.79 Å². The molecule has 2 bridgehead atoms. The minimum absolute atomic E-state index is 0.0364. The fourth-order valence-electron chi connectivity index (χ4n) is 10.5. The molecule has 15 nitrogen and oxygen atoms in total. The van der Waals surface area contributed by atoms with Crippen molar-refractivity contribution in [3.8, 4) is 0 Å². The molecule has 0 radical (unpaired) electrons. The summed E-state index contributed by atoms with van der Waals surface area (Å²) in [6, 6.07) is 4.06. The number of nitrogens with zero attached hydrogens (tertiary/aromatic N) is 2. The summed E-state index contributed by atoms with van der Waals surface area (Å²) in [5, 5.41) is 47.0. The highest BCUT2D eigenvalue weighted by Gasteiger charge is 2.56. The summed E-state index contributed by atoms with van der Waals surface area (Å²) >= 11 is 0. The minimum Gasteiger partial charge on any atom is -0.619 e. The van der Waals surface area contributed by atoms with Gasteiger partial charge >= 0.3 is 5.97 Å². The van der Waals surface area contributed by atoms with E-state index in [2.05, 4.69) is 0 Å². The number of piperidine rings is 1. The molecule has 1 unspecified atom stereocenters. The van der Waals surface area contributed by atoms with Gasteiger partial charge in [-0.1, -0.05) is 44.6 Å². The van der Waals surface area contributed by atoms with Crippen LogP contribution >= 0.6 is 0 Å². The Hall–Kier alpha value is -3.57. The Morgan fingerprint density at radius 3 is 2.33 bits per heavy atom. The van der Waals surface area contributed by atoms with Gasteiger partial charge in [0.05, 0.1) is 30.5 Å². The van der Waals surface area contributed by atoms with Gasteiger partial charge in [0, 0.05) is 70.6 Å². The number of aliphatic hydroxyl groups is 3. The molecule has 2 saturated heterocycles. The number of hydrogen-bond donors (Lipinski definition) is 3. The minimum atomic E-state index is -2.54. The number of rotatable bonds is 9. The Bertz CT molecular complexity index is 1820. The Kier molecular flexibility index (Phi) is 18.7. The van der Waals surface area contributed by atoms with Gasteiger partial charge in [-0.3, -0.25) is 14.4 Å². The second-order valence-electron chi connectivity index (χ2n) is 19.2. The summed E-state index contributed by atoms with van der Waals surface area (Å²) in [6.45, 7) is 9.21. The number of carbonyl (C=O) groups is 4. The van der Waals surface area contributed by atoms with Crippen LogP contribution in [0.1, 0.15) is 117 Å². The predicted molar refractivity (Wildman–Crippen MR) is 236 cm³/mol. The highest BCUT2D eigenvalue weighted by Crippen LogP contribution is 2.39. The number of pyridine rings is 1. The van der Waals surface area contributed by atoms with Gasteiger partial charge in [0.25, 0.3) is 11.7 Å². The molecule has 4 aliphatic rings. The van der Waals surface area contributed by atoms with Crippen molar-refractivity contribution in [2.24, 2.45) is 29.6 Å². The molecule has 1 saturated carbocycles. The van der Waals surface area contributed by atoms with Gasteiger partial charge in [-0.2, -0.15) is 4.73 Å². The van der Waals surface area contributed by atoms with E-state index in [-0.39, 0.29) is 49.5 Å². The number of ether oxygens (including phenoxy) is 5. The third-order valence-electron chi connectivity index (χ3n) is 14.3. The number of ketones is 2. The van der Waals surface area contributed by atoms with Crippen molar-refractivity contribution in [2.45, 2.75) is 173 Å². The number of carbonyl (C=O) groups excluding carboxylic acids is 4. The van der Waals surface area contributed by atoms with Gasteiger partial charge in [-0.15, -0.1) is 0 Å². The first kappa shape index (κ1) is 51.4. The molecule has 64 heavy (non-hydrogen) atoms. The number of aryl methyl sites for hydroxylation is 1. The van der Waals surface area contributed by atoms with Crippen LogP contribution in [-0.2, 0) is 49.3 Å². The topological polar surface area (TPSA) is 205 Å². The number of allylic oxidation sites excluding steroid dienone is 3. The fraction of sp³-hybridized carbons (Fsp3) is 0.735. The average molecular weight is 899 g/mol. The molecule has 1 aromatic rings. The second-order valence-corrected chi connectivity index (χ2v) is 19.2. The first-order valence-electron chi connectivity index (χ1n) is 23.4. The first-order chi connectivity index (χ1) is 30.4. The lowest BCUT2D eigenvalue weighted by Gasteiger charge is -2.47. The summed E-state index contributed by atoms with van der Waals surface area (Å²) in [4.78, 5) is 58.7. The monoisotopic (exact) mass is 899 g/mol. The van der Waals surface area contributed by atoms with E-state index in [0.29, 0.717) is 75.5 Å². The average Bonchev–Trinajstić information content (AvgIpc) is 3.27. The van der Waals surface area contributed by atoms with Crippen LogP contribution in [0.4, 0.5) is 0 Å². The lowest BCUT2D eigenvalue weighted by molar-refractivity contribution is -0.614. The van der Waals surface area contributed by atoms with E-state index in [4.69, 9.17) is 23.7 Å². The van der Waals surface area contributed by atoms with Gasteiger partial charge in [0.15, 0.2) is 11.9 Å². The van der Waals surface area contributed by atoms with E-state index < -0.39 is 83.9 Å². The van der Waals surface area contributed by atoms with Gasteiger partial charge < -0.3 is 49.1 Å². The highest BCUT2D eigenvalue weighted by atomic mass is 16.7. The second kappa shape index (κ2) is 23.2. The number of esters is 1. The molecule has 5 rings (SSSR count). The number of aliphatic hydroxyl groups excluding tert-OH is 2. The summed E-state index contributed by atoms with van der Waals surface area (Å²) in [6.07, 6.45) is 5.27. The molecule has 358 valence electrons. The Labute approximate surface area is 379 Å². The molecule has 3 N–H and O–H groups in total. The summed E-state index contributed by atoms with van der Waals surface area (Å²) in [7, 11) is 4.60. The zero-order valence-electron chi connectivity index (χ0n) is 39.2. The molecule has 4 heterocycles. The van der Waals surface area contributed by atoms with E-state index in [0.717, 1.165) is 10.3 Å². The van der Waals surface area contributed by atoms with E-state index >= 15 is 0 Å². The number of amides is 1. The van der Waals surface area contributed by atoms with Crippen molar-refractivity contribution in [1.82, 2.24) is 4.90 Å². The molecular formula is C49H74N2O13. The molecule has 15 heteroatoms. The number of methoxy groups -OCH3 is 3. The zero-order valence-corrected chi connectivity index (χ0v) is 39.2. The maximum atomic E-state index is 14.5. The number of aromatic nitrogens is 1. The van der Waals surface area contributed by atoms with E-state index in [1.807, 2.05) is 26.0 Å². The highest BCUT2D eigenvalue weighted by molar-refractivity contribution is 6.39. The van der Waals surface area contributed by atoms with Crippen LogP contribution in [0.15, 0.2) is 47.7 Å². The number of cyclic esters (lactones) is 1. The molecule has 14 atom stereocenters. The third-order valence-corrected chi connectivity index (χ3v) is 14.3. The molecular weight excluding hydrogens is 825 g/mol. The number of hydrogen-bond acceptors (Lipinski definition) is 13. The normalized spacial score (nSPS) is 37.8. The van der Waals surface area contributed by atoms with Crippen LogP contribution < -0.4 is 4.73 Å². The SMILES string of the molecule is CO[C@H]1C[C@@H](C)C/C(C)=C/[C@@H](CCCc2cccc[n+]2[O-])C(=O)C[C@H](O)[C@@H](C)C(/C(C)=C/[C@@H]2CC[C@@H](O)[C@H](OC)C2)OC(=O)[C@@H]2CCCCN2C(=O)C(=O)[C@]2(O)O[C@H]1[C@@H](OC)C[C@H]2C. The van der Waals surface area contributed by atoms with Crippen LogP contribution in [0, 0.1) is 34.8 Å². The van der Waals surface area contributed by atoms with Crippen LogP contribution in [0.2, 0.25) is 0 Å². The Balaban J connectivity index is 1.54. The van der Waals surface area contributed by atoms with Crippen LogP contribution in [0.3, 0.4) is 0 Å². The molecule has 0 spiro atoms.